The minimum Gasteiger partial charge on any atom is -0.479 e. The van der Waals surface area contributed by atoms with Gasteiger partial charge in [0.1, 0.15) is 23.3 Å². The topological polar surface area (TPSA) is 106 Å². The number of hydrogen-bond acceptors (Lipinski definition) is 6. The molecule has 0 radical (unpaired) electrons. The number of nitrogens with one attached hydrogen (secondary N) is 2. The molecule has 2 unspecified atom stereocenters. The van der Waals surface area contributed by atoms with Gasteiger partial charge in [-0.05, 0) is 39.3 Å². The van der Waals surface area contributed by atoms with Crippen molar-refractivity contribution in [2.75, 3.05) is 25.6 Å². The fourth-order valence-electron chi connectivity index (χ4n) is 4.06. The van der Waals surface area contributed by atoms with Crippen molar-refractivity contribution in [3.05, 3.63) is 24.0 Å². The lowest BCUT2D eigenvalue weighted by atomic mass is 9.85. The zero-order valence-electron chi connectivity index (χ0n) is 19.7. The van der Waals surface area contributed by atoms with Gasteiger partial charge in [-0.25, -0.2) is 9.18 Å². The van der Waals surface area contributed by atoms with Crippen LogP contribution in [0.4, 0.5) is 14.9 Å². The van der Waals surface area contributed by atoms with Crippen LogP contribution in [0.25, 0.3) is 0 Å². The molecule has 3 rings (SSSR count). The number of fused-ring (bicyclic) bond motifs is 1. The second-order valence-corrected chi connectivity index (χ2v) is 9.34. The van der Waals surface area contributed by atoms with Crippen LogP contribution in [0.5, 0.6) is 5.75 Å². The highest BCUT2D eigenvalue weighted by atomic mass is 19.1. The van der Waals surface area contributed by atoms with E-state index in [0.29, 0.717) is 19.6 Å². The number of likely N-dealkylation sites (N-methyl/N-ethyl adjacent to an activating group) is 1. The van der Waals surface area contributed by atoms with Gasteiger partial charge < -0.3 is 24.8 Å². The van der Waals surface area contributed by atoms with Crippen LogP contribution in [-0.2, 0) is 19.1 Å². The van der Waals surface area contributed by atoms with Gasteiger partial charge in [0.2, 0.25) is 5.91 Å². The number of anilines is 1. The Morgan fingerprint density at radius 3 is 2.61 bits per heavy atom. The average Bonchev–Trinajstić information content (AvgIpc) is 2.84. The standard InChI is InChI=1S/C23H32FN3O6/c1-6-16(27(5)21(30)33-22(2,3)4)19(28)26-18-20(29)25-15-9-7-8-14(24)17(15)32-23(18)10-12-31-13-11-23/h7-9,16,18H,6,10-13H2,1-5H3,(H,25,29)(H,26,28). The zero-order chi connectivity index (χ0) is 24.4. The molecule has 0 saturated carbocycles. The van der Waals surface area contributed by atoms with Crippen molar-refractivity contribution in [2.24, 2.45) is 0 Å². The summed E-state index contributed by atoms with van der Waals surface area (Å²) in [5.41, 5.74) is -1.73. The summed E-state index contributed by atoms with van der Waals surface area (Å²) >= 11 is 0. The first-order chi connectivity index (χ1) is 15.5. The molecule has 2 N–H and O–H groups in total. The number of nitrogens with zero attached hydrogens (tertiary/aromatic N) is 1. The van der Waals surface area contributed by atoms with Gasteiger partial charge in [0, 0.05) is 19.9 Å². The van der Waals surface area contributed by atoms with E-state index >= 15 is 0 Å². The van der Waals surface area contributed by atoms with E-state index in [-0.39, 0.29) is 24.3 Å². The summed E-state index contributed by atoms with van der Waals surface area (Å²) in [6.07, 6.45) is 0.193. The SMILES string of the molecule is CCC(C(=O)NC1C(=O)Nc2cccc(F)c2OC12CCOCC2)N(C)C(=O)OC(C)(C)C. The maximum atomic E-state index is 14.6. The summed E-state index contributed by atoms with van der Waals surface area (Å²) in [6.45, 7) is 7.54. The van der Waals surface area contributed by atoms with E-state index in [0.717, 1.165) is 0 Å². The number of para-hydroxylation sites is 1. The number of carbonyl (C=O) groups is 3. The largest absolute Gasteiger partial charge is 0.479 e. The summed E-state index contributed by atoms with van der Waals surface area (Å²) in [6, 6.07) is 2.25. The monoisotopic (exact) mass is 465 g/mol. The predicted octanol–water partition coefficient (Wildman–Crippen LogP) is 2.84. The Balaban J connectivity index is 1.88. The van der Waals surface area contributed by atoms with Crippen molar-refractivity contribution in [2.45, 2.75) is 70.2 Å². The molecule has 1 aromatic rings. The van der Waals surface area contributed by atoms with Crippen LogP contribution >= 0.6 is 0 Å². The van der Waals surface area contributed by atoms with Crippen LogP contribution in [0.2, 0.25) is 0 Å². The molecule has 2 aliphatic heterocycles. The molecule has 1 aromatic carbocycles. The maximum absolute atomic E-state index is 14.6. The lowest BCUT2D eigenvalue weighted by molar-refractivity contribution is -0.138. The number of hydrogen-bond donors (Lipinski definition) is 2. The van der Waals surface area contributed by atoms with E-state index in [1.54, 1.807) is 33.8 Å². The van der Waals surface area contributed by atoms with E-state index in [1.807, 2.05) is 0 Å². The van der Waals surface area contributed by atoms with Crippen LogP contribution in [0.15, 0.2) is 18.2 Å². The molecule has 3 amide bonds. The fraction of sp³-hybridized carbons (Fsp3) is 0.609. The third kappa shape index (κ3) is 5.38. The summed E-state index contributed by atoms with van der Waals surface area (Å²) in [5, 5.41) is 5.44. The Hall–Kier alpha value is -2.88. The number of halogens is 1. The highest BCUT2D eigenvalue weighted by Crippen LogP contribution is 2.39. The van der Waals surface area contributed by atoms with Crippen LogP contribution in [0, 0.1) is 5.82 Å². The molecule has 2 heterocycles. The summed E-state index contributed by atoms with van der Waals surface area (Å²) in [4.78, 5) is 40.2. The van der Waals surface area contributed by atoms with Crippen molar-refractivity contribution in [1.29, 1.82) is 0 Å². The van der Waals surface area contributed by atoms with E-state index in [2.05, 4.69) is 10.6 Å². The van der Waals surface area contributed by atoms with Crippen LogP contribution < -0.4 is 15.4 Å². The van der Waals surface area contributed by atoms with Gasteiger partial charge in [-0.15, -0.1) is 0 Å². The minimum absolute atomic E-state index is 0.0672. The third-order valence-electron chi connectivity index (χ3n) is 5.78. The summed E-state index contributed by atoms with van der Waals surface area (Å²) in [7, 11) is 1.47. The lowest BCUT2D eigenvalue weighted by Crippen LogP contribution is -2.64. The summed E-state index contributed by atoms with van der Waals surface area (Å²) < 4.78 is 31.5. The molecule has 1 spiro atoms. The van der Waals surface area contributed by atoms with Gasteiger partial charge >= 0.3 is 6.09 Å². The Morgan fingerprint density at radius 2 is 2.00 bits per heavy atom. The Morgan fingerprint density at radius 1 is 1.33 bits per heavy atom. The molecule has 1 fully saturated rings. The van der Waals surface area contributed by atoms with Gasteiger partial charge in [0.05, 0.1) is 18.9 Å². The van der Waals surface area contributed by atoms with Gasteiger partial charge in [-0.2, -0.15) is 0 Å². The number of benzene rings is 1. The number of amides is 3. The van der Waals surface area contributed by atoms with E-state index in [9.17, 15) is 18.8 Å². The van der Waals surface area contributed by atoms with Gasteiger partial charge in [-0.3, -0.25) is 14.5 Å². The lowest BCUT2D eigenvalue weighted by Gasteiger charge is -2.41. The predicted molar refractivity (Wildman–Crippen MR) is 118 cm³/mol. The number of rotatable bonds is 4. The molecule has 10 heteroatoms. The number of ether oxygens (including phenoxy) is 3. The van der Waals surface area contributed by atoms with Crippen LogP contribution in [-0.4, -0.2) is 66.4 Å². The first-order valence-corrected chi connectivity index (χ1v) is 11.1. The fourth-order valence-corrected chi connectivity index (χ4v) is 4.06. The molecular weight excluding hydrogens is 433 g/mol. The molecule has 33 heavy (non-hydrogen) atoms. The van der Waals surface area contributed by atoms with E-state index in [4.69, 9.17) is 14.2 Å². The molecule has 1 saturated heterocycles. The van der Waals surface area contributed by atoms with Crippen molar-refractivity contribution < 1.29 is 33.0 Å². The third-order valence-corrected chi connectivity index (χ3v) is 5.78. The van der Waals surface area contributed by atoms with Crippen molar-refractivity contribution in [3.8, 4) is 5.75 Å². The quantitative estimate of drug-likeness (QED) is 0.708. The Labute approximate surface area is 192 Å². The molecule has 182 valence electrons. The molecule has 0 aliphatic carbocycles. The molecule has 0 bridgehead atoms. The average molecular weight is 466 g/mol. The normalized spacial score (nSPS) is 20.5. The van der Waals surface area contributed by atoms with E-state index < -0.39 is 47.0 Å². The van der Waals surface area contributed by atoms with Gasteiger partial charge in [-0.1, -0.05) is 13.0 Å². The second kappa shape index (κ2) is 9.54. The van der Waals surface area contributed by atoms with Crippen molar-refractivity contribution >= 4 is 23.6 Å². The first kappa shape index (κ1) is 24.8. The molecule has 2 atom stereocenters. The highest BCUT2D eigenvalue weighted by molar-refractivity contribution is 6.00. The van der Waals surface area contributed by atoms with Gasteiger partial charge in [0.15, 0.2) is 11.6 Å². The minimum atomic E-state index is -1.20. The van der Waals surface area contributed by atoms with Crippen LogP contribution in [0.3, 0.4) is 0 Å². The maximum Gasteiger partial charge on any atom is 0.410 e. The van der Waals surface area contributed by atoms with Crippen molar-refractivity contribution in [1.82, 2.24) is 10.2 Å². The zero-order valence-corrected chi connectivity index (χ0v) is 19.7. The molecule has 9 nitrogen and oxygen atoms in total. The first-order valence-electron chi connectivity index (χ1n) is 11.1. The number of carbonyl (C=O) groups excluding carboxylic acids is 3. The Kier molecular flexibility index (Phi) is 7.16. The second-order valence-electron chi connectivity index (χ2n) is 9.34. The van der Waals surface area contributed by atoms with Crippen molar-refractivity contribution in [3.63, 3.8) is 0 Å². The van der Waals surface area contributed by atoms with E-state index in [1.165, 1.54) is 24.1 Å². The van der Waals surface area contributed by atoms with Crippen LogP contribution in [0.1, 0.15) is 47.0 Å². The smallest absolute Gasteiger partial charge is 0.410 e. The highest BCUT2D eigenvalue weighted by Gasteiger charge is 2.50. The molecule has 0 aromatic heterocycles. The molecular formula is C23H32FN3O6. The van der Waals surface area contributed by atoms with Gasteiger partial charge in [0.25, 0.3) is 5.91 Å². The Bertz CT molecular complexity index is 910. The summed E-state index contributed by atoms with van der Waals surface area (Å²) in [5.74, 6) is -1.74. The molecule has 2 aliphatic rings.